The Bertz CT molecular complexity index is 1260. The number of hydrogen-bond donors (Lipinski definition) is 1. The summed E-state index contributed by atoms with van der Waals surface area (Å²) < 4.78 is 7.51. The van der Waals surface area contributed by atoms with E-state index in [1.54, 1.807) is 19.4 Å². The van der Waals surface area contributed by atoms with E-state index >= 15 is 0 Å². The molecular formula is C26H27N3O3. The van der Waals surface area contributed by atoms with Crippen molar-refractivity contribution in [2.45, 2.75) is 13.0 Å². The number of carboxylic acid groups (broad SMARTS) is 1. The number of rotatable bonds is 8. The standard InChI is InChI=1S/C26H27N3O3/c1-28(2)11-6-12-29-17-23(25-22(26(30)31)9-5-10-24(25)29)20-13-19(15-27-16-20)18-7-4-8-21(14-18)32-3/h4-5,7-10,13-17H,6,11-12H2,1-3H3,(H,30,31). The molecule has 0 unspecified atom stereocenters. The molecule has 0 aliphatic rings. The topological polar surface area (TPSA) is 67.6 Å². The lowest BCUT2D eigenvalue weighted by Gasteiger charge is -2.10. The molecule has 4 aromatic rings. The summed E-state index contributed by atoms with van der Waals surface area (Å²) >= 11 is 0. The molecule has 2 aromatic carbocycles. The second-order valence-electron chi connectivity index (χ2n) is 8.09. The maximum absolute atomic E-state index is 12.0. The first-order chi connectivity index (χ1) is 15.5. The van der Waals surface area contributed by atoms with Crippen molar-refractivity contribution in [3.8, 4) is 28.0 Å². The van der Waals surface area contributed by atoms with Gasteiger partial charge in [-0.1, -0.05) is 18.2 Å². The molecule has 0 saturated heterocycles. The maximum atomic E-state index is 12.0. The number of pyridine rings is 1. The minimum atomic E-state index is -0.931. The first-order valence-corrected chi connectivity index (χ1v) is 10.6. The van der Waals surface area contributed by atoms with E-state index < -0.39 is 5.97 Å². The summed E-state index contributed by atoms with van der Waals surface area (Å²) in [6.07, 6.45) is 6.63. The van der Waals surface area contributed by atoms with Crippen LogP contribution in [-0.4, -0.2) is 53.3 Å². The highest BCUT2D eigenvalue weighted by Crippen LogP contribution is 2.35. The Morgan fingerprint density at radius 3 is 2.59 bits per heavy atom. The molecule has 164 valence electrons. The van der Waals surface area contributed by atoms with Gasteiger partial charge in [-0.05, 0) is 63.0 Å². The number of nitrogens with zero attached hydrogens (tertiary/aromatic N) is 3. The predicted molar refractivity (Wildman–Crippen MR) is 127 cm³/mol. The normalized spacial score (nSPS) is 11.2. The van der Waals surface area contributed by atoms with E-state index in [2.05, 4.69) is 40.8 Å². The van der Waals surface area contributed by atoms with Gasteiger partial charge in [-0.2, -0.15) is 0 Å². The lowest BCUT2D eigenvalue weighted by molar-refractivity contribution is 0.0699. The Morgan fingerprint density at radius 1 is 1.06 bits per heavy atom. The zero-order valence-electron chi connectivity index (χ0n) is 18.6. The fourth-order valence-electron chi connectivity index (χ4n) is 4.04. The smallest absolute Gasteiger partial charge is 0.336 e. The summed E-state index contributed by atoms with van der Waals surface area (Å²) in [5, 5.41) is 10.6. The van der Waals surface area contributed by atoms with E-state index in [1.165, 1.54) is 0 Å². The monoisotopic (exact) mass is 429 g/mol. The summed E-state index contributed by atoms with van der Waals surface area (Å²) in [6, 6.07) is 15.3. The van der Waals surface area contributed by atoms with E-state index in [9.17, 15) is 9.90 Å². The van der Waals surface area contributed by atoms with Gasteiger partial charge in [0.2, 0.25) is 0 Å². The third-order valence-corrected chi connectivity index (χ3v) is 5.59. The number of aromatic carboxylic acids is 1. The average molecular weight is 430 g/mol. The van der Waals surface area contributed by atoms with Crippen molar-refractivity contribution >= 4 is 16.9 Å². The molecule has 0 aliphatic heterocycles. The van der Waals surface area contributed by atoms with Gasteiger partial charge in [0.15, 0.2) is 0 Å². The Balaban J connectivity index is 1.84. The third kappa shape index (κ3) is 4.36. The van der Waals surface area contributed by atoms with Crippen molar-refractivity contribution in [3.05, 3.63) is 72.7 Å². The molecule has 0 aliphatic carbocycles. The van der Waals surface area contributed by atoms with Crippen LogP contribution in [0.5, 0.6) is 5.75 Å². The van der Waals surface area contributed by atoms with Crippen LogP contribution in [0.3, 0.4) is 0 Å². The number of aromatic nitrogens is 2. The Kier molecular flexibility index (Phi) is 6.23. The van der Waals surface area contributed by atoms with Gasteiger partial charge in [0.25, 0.3) is 0 Å². The fourth-order valence-corrected chi connectivity index (χ4v) is 4.04. The summed E-state index contributed by atoms with van der Waals surface area (Å²) in [4.78, 5) is 18.6. The van der Waals surface area contributed by atoms with Crippen LogP contribution < -0.4 is 4.74 Å². The SMILES string of the molecule is COc1cccc(-c2cncc(-c3cn(CCCN(C)C)c4cccc(C(=O)O)c34)c2)c1. The molecule has 4 rings (SSSR count). The first kappa shape index (κ1) is 21.6. The van der Waals surface area contributed by atoms with Gasteiger partial charge in [0, 0.05) is 52.7 Å². The van der Waals surface area contributed by atoms with Gasteiger partial charge >= 0.3 is 5.97 Å². The Hall–Kier alpha value is -3.64. The average Bonchev–Trinajstić information content (AvgIpc) is 3.17. The molecular weight excluding hydrogens is 402 g/mol. The lowest BCUT2D eigenvalue weighted by Crippen LogP contribution is -2.14. The van der Waals surface area contributed by atoms with Crippen LogP contribution in [0, 0.1) is 0 Å². The highest BCUT2D eigenvalue weighted by molar-refractivity contribution is 6.09. The van der Waals surface area contributed by atoms with Crippen LogP contribution in [0.2, 0.25) is 0 Å². The quantitative estimate of drug-likeness (QED) is 0.426. The minimum absolute atomic E-state index is 0.302. The molecule has 0 atom stereocenters. The molecule has 6 heteroatoms. The van der Waals surface area contributed by atoms with E-state index in [0.717, 1.165) is 58.4 Å². The molecule has 0 radical (unpaired) electrons. The Labute approximate surface area is 187 Å². The molecule has 2 heterocycles. The number of benzene rings is 2. The summed E-state index contributed by atoms with van der Waals surface area (Å²) in [5.41, 5.74) is 4.92. The number of fused-ring (bicyclic) bond motifs is 1. The first-order valence-electron chi connectivity index (χ1n) is 10.6. The van der Waals surface area contributed by atoms with Gasteiger partial charge in [0.05, 0.1) is 12.7 Å². The number of carboxylic acids is 1. The van der Waals surface area contributed by atoms with Gasteiger partial charge in [-0.15, -0.1) is 0 Å². The van der Waals surface area contributed by atoms with Crippen molar-refractivity contribution in [2.75, 3.05) is 27.7 Å². The minimum Gasteiger partial charge on any atom is -0.497 e. The molecule has 0 spiro atoms. The van der Waals surface area contributed by atoms with Crippen molar-refractivity contribution in [1.29, 1.82) is 0 Å². The molecule has 0 amide bonds. The largest absolute Gasteiger partial charge is 0.497 e. The van der Waals surface area contributed by atoms with Gasteiger partial charge in [0.1, 0.15) is 5.75 Å². The summed E-state index contributed by atoms with van der Waals surface area (Å²) in [7, 11) is 5.75. The molecule has 0 bridgehead atoms. The van der Waals surface area contributed by atoms with E-state index in [-0.39, 0.29) is 0 Å². The van der Waals surface area contributed by atoms with E-state index in [4.69, 9.17) is 4.74 Å². The fraction of sp³-hybridized carbons (Fsp3) is 0.231. The zero-order valence-corrected chi connectivity index (χ0v) is 18.6. The second-order valence-corrected chi connectivity index (χ2v) is 8.09. The predicted octanol–water partition coefficient (Wildman–Crippen LogP) is 5.03. The molecule has 6 nitrogen and oxygen atoms in total. The van der Waals surface area contributed by atoms with Gasteiger partial charge in [-0.25, -0.2) is 4.79 Å². The molecule has 0 fully saturated rings. The van der Waals surface area contributed by atoms with Crippen LogP contribution in [0.25, 0.3) is 33.2 Å². The number of methoxy groups -OCH3 is 1. The second kappa shape index (κ2) is 9.24. The van der Waals surface area contributed by atoms with Crippen LogP contribution in [-0.2, 0) is 6.54 Å². The van der Waals surface area contributed by atoms with Crippen molar-refractivity contribution < 1.29 is 14.6 Å². The van der Waals surface area contributed by atoms with Crippen LogP contribution in [0.4, 0.5) is 0 Å². The van der Waals surface area contributed by atoms with E-state index in [0.29, 0.717) is 5.56 Å². The van der Waals surface area contributed by atoms with Crippen LogP contribution >= 0.6 is 0 Å². The number of hydrogen-bond acceptors (Lipinski definition) is 4. The highest BCUT2D eigenvalue weighted by atomic mass is 16.5. The lowest BCUT2D eigenvalue weighted by atomic mass is 9.99. The van der Waals surface area contributed by atoms with Crippen molar-refractivity contribution in [2.24, 2.45) is 0 Å². The number of ether oxygens (including phenoxy) is 1. The van der Waals surface area contributed by atoms with Crippen LogP contribution in [0.1, 0.15) is 16.8 Å². The van der Waals surface area contributed by atoms with Gasteiger partial charge < -0.3 is 19.3 Å². The zero-order chi connectivity index (χ0) is 22.7. The van der Waals surface area contributed by atoms with Crippen molar-refractivity contribution in [3.63, 3.8) is 0 Å². The maximum Gasteiger partial charge on any atom is 0.336 e. The molecule has 32 heavy (non-hydrogen) atoms. The van der Waals surface area contributed by atoms with E-state index in [1.807, 2.05) is 42.6 Å². The number of carbonyl (C=O) groups is 1. The molecule has 1 N–H and O–H groups in total. The Morgan fingerprint density at radius 2 is 1.84 bits per heavy atom. The highest BCUT2D eigenvalue weighted by Gasteiger charge is 2.18. The summed E-state index contributed by atoms with van der Waals surface area (Å²) in [6.45, 7) is 1.77. The van der Waals surface area contributed by atoms with Crippen molar-refractivity contribution in [1.82, 2.24) is 14.5 Å². The number of aryl methyl sites for hydroxylation is 1. The molecule has 0 saturated carbocycles. The van der Waals surface area contributed by atoms with Gasteiger partial charge in [-0.3, -0.25) is 4.98 Å². The third-order valence-electron chi connectivity index (χ3n) is 5.59. The summed E-state index contributed by atoms with van der Waals surface area (Å²) in [5.74, 6) is -0.154. The molecule has 2 aromatic heterocycles. The van der Waals surface area contributed by atoms with Crippen LogP contribution in [0.15, 0.2) is 67.1 Å².